The Labute approximate surface area is 170 Å². The Hall–Kier alpha value is -3.22. The van der Waals surface area contributed by atoms with Crippen LogP contribution in [0.25, 0.3) is 11.3 Å². The summed E-state index contributed by atoms with van der Waals surface area (Å²) in [4.78, 5) is 12.1. The van der Waals surface area contributed by atoms with Crippen LogP contribution in [0.5, 0.6) is 11.5 Å². The number of aromatic hydroxyl groups is 1. The average Bonchev–Trinajstić information content (AvgIpc) is 2.73. The van der Waals surface area contributed by atoms with Crippen LogP contribution in [0.1, 0.15) is 28.2 Å². The van der Waals surface area contributed by atoms with Gasteiger partial charge < -0.3 is 19.2 Å². The molecule has 1 N–H and O–H groups in total. The van der Waals surface area contributed by atoms with E-state index in [4.69, 9.17) is 4.74 Å². The van der Waals surface area contributed by atoms with Crippen molar-refractivity contribution in [3.63, 3.8) is 0 Å². The standard InChI is InChI=1S/C23H18O5S/c24-13-20-19-3-1-2-4-21(19)28-23(22(20)16-9-11-18(25)12-10-16)17-7-5-15(6-8-17)14-29(26)27/h1-13,20,25H,14H2,(H,26,27)/p-1. The van der Waals surface area contributed by atoms with Crippen LogP contribution >= 0.6 is 0 Å². The summed E-state index contributed by atoms with van der Waals surface area (Å²) in [5, 5.41) is 9.65. The molecule has 0 amide bonds. The summed E-state index contributed by atoms with van der Waals surface area (Å²) >= 11 is -2.17. The maximum Gasteiger partial charge on any atom is 0.139 e. The van der Waals surface area contributed by atoms with Gasteiger partial charge in [-0.3, -0.25) is 4.21 Å². The zero-order chi connectivity index (χ0) is 20.4. The van der Waals surface area contributed by atoms with Crippen LogP contribution in [-0.4, -0.2) is 20.2 Å². The minimum Gasteiger partial charge on any atom is -0.772 e. The quantitative estimate of drug-likeness (QED) is 0.512. The summed E-state index contributed by atoms with van der Waals surface area (Å²) < 4.78 is 28.1. The van der Waals surface area contributed by atoms with E-state index in [9.17, 15) is 18.7 Å². The van der Waals surface area contributed by atoms with Crippen molar-refractivity contribution in [3.8, 4) is 11.5 Å². The van der Waals surface area contributed by atoms with Crippen molar-refractivity contribution in [1.29, 1.82) is 0 Å². The van der Waals surface area contributed by atoms with Gasteiger partial charge in [-0.25, -0.2) is 0 Å². The second kappa shape index (κ2) is 8.03. The van der Waals surface area contributed by atoms with Gasteiger partial charge in [0.2, 0.25) is 0 Å². The van der Waals surface area contributed by atoms with Crippen molar-refractivity contribution in [2.75, 3.05) is 0 Å². The van der Waals surface area contributed by atoms with Crippen molar-refractivity contribution in [2.45, 2.75) is 11.7 Å². The zero-order valence-corrected chi connectivity index (χ0v) is 16.1. The molecule has 2 unspecified atom stereocenters. The maximum absolute atomic E-state index is 12.1. The molecule has 6 heteroatoms. The SMILES string of the molecule is O=CC1C(c2ccc(O)cc2)=C(c2ccc(CS(=O)[O-])cc2)Oc2ccccc21. The number of ether oxygens (including phenoxy) is 1. The Morgan fingerprint density at radius 2 is 1.62 bits per heavy atom. The maximum atomic E-state index is 12.1. The van der Waals surface area contributed by atoms with E-state index in [1.54, 1.807) is 48.5 Å². The minimum atomic E-state index is -2.17. The van der Waals surface area contributed by atoms with E-state index in [-0.39, 0.29) is 11.5 Å². The molecule has 0 radical (unpaired) electrons. The molecule has 2 atom stereocenters. The summed E-state index contributed by atoms with van der Waals surface area (Å²) in [7, 11) is 0. The van der Waals surface area contributed by atoms with Crippen molar-refractivity contribution in [1.82, 2.24) is 0 Å². The first-order chi connectivity index (χ1) is 14.1. The van der Waals surface area contributed by atoms with Gasteiger partial charge in [0.15, 0.2) is 0 Å². The molecule has 5 nitrogen and oxygen atoms in total. The van der Waals surface area contributed by atoms with Gasteiger partial charge in [0.25, 0.3) is 0 Å². The largest absolute Gasteiger partial charge is 0.772 e. The smallest absolute Gasteiger partial charge is 0.139 e. The van der Waals surface area contributed by atoms with E-state index in [0.717, 1.165) is 23.0 Å². The number of allylic oxidation sites excluding steroid dienone is 1. The number of hydrogen-bond acceptors (Lipinski definition) is 5. The molecule has 0 aliphatic carbocycles. The van der Waals surface area contributed by atoms with Gasteiger partial charge in [0.05, 0.1) is 5.92 Å². The van der Waals surface area contributed by atoms with Crippen LogP contribution in [0.15, 0.2) is 72.8 Å². The van der Waals surface area contributed by atoms with Crippen LogP contribution in [0.3, 0.4) is 0 Å². The number of rotatable bonds is 5. The molecule has 1 aliphatic heterocycles. The van der Waals surface area contributed by atoms with Crippen molar-refractivity contribution >= 4 is 28.7 Å². The van der Waals surface area contributed by atoms with Gasteiger partial charge in [0.1, 0.15) is 23.5 Å². The number of carbonyl (C=O) groups excluding carboxylic acids is 1. The van der Waals surface area contributed by atoms with E-state index in [1.165, 1.54) is 0 Å². The number of phenolic OH excluding ortho intramolecular Hbond substituents is 1. The van der Waals surface area contributed by atoms with E-state index < -0.39 is 17.0 Å². The van der Waals surface area contributed by atoms with Crippen molar-refractivity contribution in [3.05, 3.63) is 95.1 Å². The molecule has 0 bridgehead atoms. The lowest BCUT2D eigenvalue weighted by Gasteiger charge is -2.28. The summed E-state index contributed by atoms with van der Waals surface area (Å²) in [5.74, 6) is 0.664. The molecule has 146 valence electrons. The van der Waals surface area contributed by atoms with Crippen LogP contribution in [0.4, 0.5) is 0 Å². The topological polar surface area (TPSA) is 86.7 Å². The average molecular weight is 405 g/mol. The van der Waals surface area contributed by atoms with Gasteiger partial charge in [0, 0.05) is 22.5 Å². The molecule has 3 aromatic rings. The predicted molar refractivity (Wildman–Crippen MR) is 110 cm³/mol. The first-order valence-corrected chi connectivity index (χ1v) is 10.2. The summed E-state index contributed by atoms with van der Waals surface area (Å²) in [6.45, 7) is 0. The number of phenols is 1. The van der Waals surface area contributed by atoms with E-state index >= 15 is 0 Å². The fraction of sp³-hybridized carbons (Fsp3) is 0.0870. The molecule has 3 aromatic carbocycles. The lowest BCUT2D eigenvalue weighted by Crippen LogP contribution is -2.15. The molecular weight excluding hydrogens is 388 g/mol. The van der Waals surface area contributed by atoms with Gasteiger partial charge in [-0.1, -0.05) is 65.7 Å². The Bertz CT molecular complexity index is 1100. The van der Waals surface area contributed by atoms with Crippen LogP contribution in [-0.2, 0) is 21.6 Å². The molecular formula is C23H17O5S-. The monoisotopic (exact) mass is 405 g/mol. The first kappa shape index (κ1) is 19.1. The highest BCUT2D eigenvalue weighted by molar-refractivity contribution is 7.78. The number of benzene rings is 3. The van der Waals surface area contributed by atoms with Gasteiger partial charge in [-0.2, -0.15) is 0 Å². The third kappa shape index (κ3) is 3.85. The molecule has 0 saturated carbocycles. The van der Waals surface area contributed by atoms with E-state index in [2.05, 4.69) is 0 Å². The Kier molecular flexibility index (Phi) is 5.29. The van der Waals surface area contributed by atoms with E-state index in [0.29, 0.717) is 22.6 Å². The number of para-hydroxylation sites is 1. The third-order valence-corrected chi connectivity index (χ3v) is 5.41. The number of hydrogen-bond donors (Lipinski definition) is 1. The second-order valence-electron chi connectivity index (χ2n) is 6.69. The molecule has 0 fully saturated rings. The molecule has 1 aliphatic rings. The normalized spacial score (nSPS) is 16.7. The highest BCUT2D eigenvalue weighted by atomic mass is 32.2. The Morgan fingerprint density at radius 3 is 2.28 bits per heavy atom. The first-order valence-electron chi connectivity index (χ1n) is 8.97. The second-order valence-corrected chi connectivity index (χ2v) is 7.58. The van der Waals surface area contributed by atoms with Crippen LogP contribution in [0, 0.1) is 0 Å². The zero-order valence-electron chi connectivity index (χ0n) is 15.3. The Balaban J connectivity index is 1.88. The van der Waals surface area contributed by atoms with Crippen molar-refractivity contribution in [2.24, 2.45) is 0 Å². The Morgan fingerprint density at radius 1 is 0.966 bits per heavy atom. The highest BCUT2D eigenvalue weighted by Gasteiger charge is 2.31. The fourth-order valence-corrected chi connectivity index (χ4v) is 3.95. The van der Waals surface area contributed by atoms with Gasteiger partial charge in [-0.05, 0) is 29.3 Å². The third-order valence-electron chi connectivity index (χ3n) is 4.84. The molecule has 29 heavy (non-hydrogen) atoms. The molecule has 0 spiro atoms. The van der Waals surface area contributed by atoms with Crippen LogP contribution < -0.4 is 4.74 Å². The van der Waals surface area contributed by atoms with E-state index in [1.807, 2.05) is 24.3 Å². The summed E-state index contributed by atoms with van der Waals surface area (Å²) in [6.07, 6.45) is 0.887. The molecule has 0 aromatic heterocycles. The van der Waals surface area contributed by atoms with Crippen LogP contribution in [0.2, 0.25) is 0 Å². The lowest BCUT2D eigenvalue weighted by molar-refractivity contribution is -0.108. The molecule has 4 rings (SSSR count). The fourth-order valence-electron chi connectivity index (χ4n) is 3.49. The number of aldehydes is 1. The van der Waals surface area contributed by atoms with Gasteiger partial charge in [-0.15, -0.1) is 0 Å². The molecule has 0 saturated heterocycles. The summed E-state index contributed by atoms with van der Waals surface area (Å²) in [6, 6.07) is 21.0. The lowest BCUT2D eigenvalue weighted by atomic mass is 9.83. The van der Waals surface area contributed by atoms with Crippen molar-refractivity contribution < 1.29 is 23.4 Å². The number of fused-ring (bicyclic) bond motifs is 1. The highest BCUT2D eigenvalue weighted by Crippen LogP contribution is 2.46. The predicted octanol–water partition coefficient (Wildman–Crippen LogP) is 4.01. The summed E-state index contributed by atoms with van der Waals surface area (Å²) in [5.41, 5.74) is 3.62. The minimum absolute atomic E-state index is 0.0647. The van der Waals surface area contributed by atoms with Gasteiger partial charge >= 0.3 is 0 Å². The molecule has 1 heterocycles. The number of carbonyl (C=O) groups is 1.